The lowest BCUT2D eigenvalue weighted by Gasteiger charge is -2.09. The van der Waals surface area contributed by atoms with E-state index in [1.165, 1.54) is 48.5 Å². The number of nitro benzene ring substituents is 1. The van der Waals surface area contributed by atoms with Gasteiger partial charge in [0.05, 0.1) is 22.6 Å². The van der Waals surface area contributed by atoms with Crippen molar-refractivity contribution in [3.05, 3.63) is 70.4 Å². The monoisotopic (exact) mass is 426 g/mol. The molecule has 2 aromatic carbocycles. The van der Waals surface area contributed by atoms with E-state index in [4.69, 9.17) is 0 Å². The number of rotatable bonds is 5. The van der Waals surface area contributed by atoms with Crippen LogP contribution in [0.15, 0.2) is 54.6 Å². The Morgan fingerprint density at radius 3 is 2.14 bits per heavy atom. The van der Waals surface area contributed by atoms with Crippen molar-refractivity contribution in [2.24, 2.45) is 0 Å². The first-order valence-corrected chi connectivity index (χ1v) is 9.83. The number of anilines is 1. The molecule has 3 rings (SSSR count). The number of alkyl halides is 3. The Hall–Kier alpha value is -3.41. The fourth-order valence-electron chi connectivity index (χ4n) is 2.56. The lowest BCUT2D eigenvalue weighted by atomic mass is 10.1. The molecule has 152 valence electrons. The van der Waals surface area contributed by atoms with Gasteiger partial charge in [-0.2, -0.15) is 18.3 Å². The van der Waals surface area contributed by atoms with Crippen molar-refractivity contribution in [3.8, 4) is 16.9 Å². The molecule has 0 spiro atoms. The highest BCUT2D eigenvalue weighted by Crippen LogP contribution is 2.33. The van der Waals surface area contributed by atoms with Crippen molar-refractivity contribution in [1.82, 2.24) is 9.78 Å². The van der Waals surface area contributed by atoms with Gasteiger partial charge in [0.15, 0.2) is 5.69 Å². The number of non-ortho nitro benzene ring substituents is 1. The first kappa shape index (κ1) is 20.3. The molecule has 0 radical (unpaired) electrons. The summed E-state index contributed by atoms with van der Waals surface area (Å²) in [5.74, 6) is 0. The summed E-state index contributed by atoms with van der Waals surface area (Å²) in [7, 11) is -3.51. The van der Waals surface area contributed by atoms with E-state index in [1.54, 1.807) is 0 Å². The van der Waals surface area contributed by atoms with Crippen LogP contribution in [0.2, 0.25) is 0 Å². The minimum Gasteiger partial charge on any atom is -0.284 e. The predicted molar refractivity (Wildman–Crippen MR) is 99.1 cm³/mol. The van der Waals surface area contributed by atoms with Crippen LogP contribution in [-0.2, 0) is 16.2 Å². The number of nitro groups is 1. The van der Waals surface area contributed by atoms with E-state index in [9.17, 15) is 31.7 Å². The van der Waals surface area contributed by atoms with Crippen molar-refractivity contribution in [3.63, 3.8) is 0 Å². The summed E-state index contributed by atoms with van der Waals surface area (Å²) in [6.07, 6.45) is -3.73. The molecule has 0 saturated carbocycles. The number of hydrogen-bond donors (Lipinski definition) is 1. The minimum absolute atomic E-state index is 0.0658. The van der Waals surface area contributed by atoms with Gasteiger partial charge in [-0.15, -0.1) is 0 Å². The van der Waals surface area contributed by atoms with Gasteiger partial charge in [-0.05, 0) is 42.5 Å². The molecule has 1 aromatic heterocycles. The Morgan fingerprint density at radius 1 is 1.07 bits per heavy atom. The zero-order chi connectivity index (χ0) is 21.4. The smallest absolute Gasteiger partial charge is 0.284 e. The quantitative estimate of drug-likeness (QED) is 0.493. The van der Waals surface area contributed by atoms with Crippen LogP contribution < -0.4 is 4.72 Å². The SMILES string of the molecule is CS(=O)(=O)Nc1ccc(-n2nc(C(F)(F)F)cc2-c2ccc([N+](=O)[O-])cc2)cc1. The Morgan fingerprint density at radius 2 is 1.66 bits per heavy atom. The van der Waals surface area contributed by atoms with Crippen LogP contribution >= 0.6 is 0 Å². The summed E-state index contributed by atoms with van der Waals surface area (Å²) < 4.78 is 65.4. The molecule has 8 nitrogen and oxygen atoms in total. The average molecular weight is 426 g/mol. The first-order chi connectivity index (χ1) is 13.4. The average Bonchev–Trinajstić information content (AvgIpc) is 3.07. The fraction of sp³-hybridized carbons (Fsp3) is 0.118. The fourth-order valence-corrected chi connectivity index (χ4v) is 3.12. The Labute approximate surface area is 162 Å². The van der Waals surface area contributed by atoms with Crippen LogP contribution in [0.4, 0.5) is 24.5 Å². The van der Waals surface area contributed by atoms with Crippen molar-refractivity contribution in [1.29, 1.82) is 0 Å². The van der Waals surface area contributed by atoms with E-state index >= 15 is 0 Å². The van der Waals surface area contributed by atoms with Crippen LogP contribution in [0.3, 0.4) is 0 Å². The highest BCUT2D eigenvalue weighted by molar-refractivity contribution is 7.92. The highest BCUT2D eigenvalue weighted by atomic mass is 32.2. The van der Waals surface area contributed by atoms with Crippen LogP contribution in [0, 0.1) is 10.1 Å². The molecule has 12 heteroatoms. The van der Waals surface area contributed by atoms with E-state index in [0.717, 1.165) is 17.0 Å². The largest absolute Gasteiger partial charge is 0.435 e. The summed E-state index contributed by atoms with van der Waals surface area (Å²) >= 11 is 0. The van der Waals surface area contributed by atoms with Gasteiger partial charge in [-0.1, -0.05) is 0 Å². The number of nitrogens with zero attached hydrogens (tertiary/aromatic N) is 3. The molecular formula is C17H13F3N4O4S. The molecule has 0 aliphatic heterocycles. The Balaban J connectivity index is 2.08. The number of halogens is 3. The standard InChI is InChI=1S/C17H13F3N4O4S/c1-29(27,28)22-12-4-8-13(9-5-12)23-15(10-16(21-23)17(18,19)20)11-2-6-14(7-3-11)24(25)26/h2-10,22H,1H3. The third kappa shape index (κ3) is 4.71. The molecular weight excluding hydrogens is 413 g/mol. The van der Waals surface area contributed by atoms with Gasteiger partial charge in [0.1, 0.15) is 0 Å². The first-order valence-electron chi connectivity index (χ1n) is 7.94. The lowest BCUT2D eigenvalue weighted by molar-refractivity contribution is -0.384. The van der Waals surface area contributed by atoms with Crippen molar-refractivity contribution < 1.29 is 26.5 Å². The van der Waals surface area contributed by atoms with Gasteiger partial charge in [0, 0.05) is 23.4 Å². The van der Waals surface area contributed by atoms with Gasteiger partial charge in [0.2, 0.25) is 10.0 Å². The second-order valence-corrected chi connectivity index (χ2v) is 7.80. The van der Waals surface area contributed by atoms with Crippen molar-refractivity contribution >= 4 is 21.4 Å². The second-order valence-electron chi connectivity index (χ2n) is 6.05. The molecule has 0 unspecified atom stereocenters. The molecule has 29 heavy (non-hydrogen) atoms. The van der Waals surface area contributed by atoms with E-state index < -0.39 is 26.8 Å². The van der Waals surface area contributed by atoms with Crippen LogP contribution in [0.1, 0.15) is 5.69 Å². The topological polar surface area (TPSA) is 107 Å². The van der Waals surface area contributed by atoms with Gasteiger partial charge >= 0.3 is 6.18 Å². The molecule has 0 amide bonds. The van der Waals surface area contributed by atoms with E-state index in [1.807, 2.05) is 0 Å². The summed E-state index contributed by atoms with van der Waals surface area (Å²) in [5.41, 5.74) is -0.506. The van der Waals surface area contributed by atoms with Crippen LogP contribution in [-0.4, -0.2) is 29.4 Å². The predicted octanol–water partition coefficient (Wildman–Crippen LogP) is 3.84. The van der Waals surface area contributed by atoms with Crippen LogP contribution in [0.25, 0.3) is 16.9 Å². The van der Waals surface area contributed by atoms with Gasteiger partial charge in [0.25, 0.3) is 5.69 Å². The second kappa shape index (κ2) is 7.20. The number of aromatic nitrogens is 2. The maximum atomic E-state index is 13.2. The normalized spacial score (nSPS) is 12.0. The molecule has 0 bridgehead atoms. The summed E-state index contributed by atoms with van der Waals surface area (Å²) in [4.78, 5) is 10.2. The van der Waals surface area contributed by atoms with Gasteiger partial charge < -0.3 is 0 Å². The molecule has 0 aliphatic rings. The molecule has 0 atom stereocenters. The lowest BCUT2D eigenvalue weighted by Crippen LogP contribution is -2.10. The summed E-state index contributed by atoms with van der Waals surface area (Å²) in [6.45, 7) is 0. The zero-order valence-electron chi connectivity index (χ0n) is 14.7. The summed E-state index contributed by atoms with van der Waals surface area (Å²) in [6, 6.07) is 11.4. The van der Waals surface area contributed by atoms with Gasteiger partial charge in [-0.3, -0.25) is 14.8 Å². The molecule has 0 saturated heterocycles. The van der Waals surface area contributed by atoms with Crippen molar-refractivity contribution in [2.75, 3.05) is 11.0 Å². The molecule has 1 heterocycles. The molecule has 1 N–H and O–H groups in total. The third-order valence-corrected chi connectivity index (χ3v) is 4.40. The van der Waals surface area contributed by atoms with E-state index in [-0.39, 0.29) is 28.3 Å². The molecule has 3 aromatic rings. The maximum Gasteiger partial charge on any atom is 0.435 e. The van der Waals surface area contributed by atoms with Crippen molar-refractivity contribution in [2.45, 2.75) is 6.18 Å². The summed E-state index contributed by atoms with van der Waals surface area (Å²) in [5, 5.41) is 14.4. The number of benzene rings is 2. The highest BCUT2D eigenvalue weighted by Gasteiger charge is 2.35. The third-order valence-electron chi connectivity index (χ3n) is 3.79. The molecule has 0 fully saturated rings. The molecule has 0 aliphatic carbocycles. The minimum atomic E-state index is -4.70. The number of hydrogen-bond acceptors (Lipinski definition) is 5. The van der Waals surface area contributed by atoms with Gasteiger partial charge in [-0.25, -0.2) is 13.1 Å². The maximum absolute atomic E-state index is 13.2. The number of sulfonamides is 1. The number of nitrogens with one attached hydrogen (secondary N) is 1. The Kier molecular flexibility index (Phi) is 5.05. The van der Waals surface area contributed by atoms with E-state index in [2.05, 4.69) is 9.82 Å². The van der Waals surface area contributed by atoms with Crippen LogP contribution in [0.5, 0.6) is 0 Å². The zero-order valence-corrected chi connectivity index (χ0v) is 15.5. The van der Waals surface area contributed by atoms with E-state index in [0.29, 0.717) is 0 Å². The Bertz CT molecular complexity index is 1150.